The van der Waals surface area contributed by atoms with Crippen molar-refractivity contribution < 1.29 is 14.6 Å². The number of amides is 1. The van der Waals surface area contributed by atoms with Crippen LogP contribution < -0.4 is 15.4 Å². The summed E-state index contributed by atoms with van der Waals surface area (Å²) in [6, 6.07) is 34.8. The van der Waals surface area contributed by atoms with Crippen molar-refractivity contribution in [3.8, 4) is 11.5 Å². The summed E-state index contributed by atoms with van der Waals surface area (Å²) in [7, 11) is 0. The Balaban J connectivity index is 1.06. The fourth-order valence-electron chi connectivity index (χ4n) is 5.96. The average Bonchev–Trinajstić information content (AvgIpc) is 3.07. The number of fused-ring (bicyclic) bond motifs is 1. The van der Waals surface area contributed by atoms with Gasteiger partial charge in [0.2, 0.25) is 0 Å². The zero-order valence-corrected chi connectivity index (χ0v) is 24.7. The van der Waals surface area contributed by atoms with Crippen LogP contribution in [0.2, 0.25) is 0 Å². The molecule has 7 heteroatoms. The molecule has 3 N–H and O–H groups in total. The van der Waals surface area contributed by atoms with E-state index in [0.29, 0.717) is 18.3 Å². The van der Waals surface area contributed by atoms with E-state index in [0.717, 1.165) is 48.8 Å². The summed E-state index contributed by atoms with van der Waals surface area (Å²) < 4.78 is 6.16. The number of piperidine rings is 1. The maximum atomic E-state index is 13.4. The highest BCUT2D eigenvalue weighted by Crippen LogP contribution is 2.37. The molecule has 4 aromatic carbocycles. The van der Waals surface area contributed by atoms with Gasteiger partial charge in [0.25, 0.3) is 5.91 Å². The number of ether oxygens (including phenoxy) is 1. The standard InChI is InChI=1S/C37H38N4O3/c42-33-24-30-15-7-8-16-32(30)36(44-26-27-10-9-19-38-25-27)34(33)37(43)39-20-23-41-21-17-31(18-22-41)40-35(28-11-3-1-4-12-28)29-13-5-2-6-14-29/h1-16,19,24-25,31,35,40,42H,17-18,20-23,26H2,(H,39,43). The molecule has 0 bridgehead atoms. The van der Waals surface area contributed by atoms with Crippen LogP contribution in [0.4, 0.5) is 0 Å². The minimum atomic E-state index is -0.348. The average molecular weight is 587 g/mol. The number of aromatic nitrogens is 1. The number of phenols is 1. The van der Waals surface area contributed by atoms with E-state index in [1.54, 1.807) is 18.5 Å². The van der Waals surface area contributed by atoms with Gasteiger partial charge in [0.05, 0.1) is 6.04 Å². The molecule has 2 heterocycles. The monoisotopic (exact) mass is 586 g/mol. The van der Waals surface area contributed by atoms with Crippen molar-refractivity contribution in [1.82, 2.24) is 20.5 Å². The van der Waals surface area contributed by atoms with E-state index >= 15 is 0 Å². The summed E-state index contributed by atoms with van der Waals surface area (Å²) in [4.78, 5) is 20.0. The van der Waals surface area contributed by atoms with Gasteiger partial charge in [0, 0.05) is 42.5 Å². The summed E-state index contributed by atoms with van der Waals surface area (Å²) in [5, 5.41) is 19.4. The topological polar surface area (TPSA) is 86.7 Å². The zero-order chi connectivity index (χ0) is 30.1. The molecule has 0 radical (unpaired) electrons. The number of pyridine rings is 1. The molecule has 0 spiro atoms. The highest BCUT2D eigenvalue weighted by molar-refractivity contribution is 6.06. The number of hydrogen-bond acceptors (Lipinski definition) is 6. The van der Waals surface area contributed by atoms with Gasteiger partial charge in [-0.05, 0) is 54.6 Å². The van der Waals surface area contributed by atoms with Crippen LogP contribution in [0.3, 0.4) is 0 Å². The smallest absolute Gasteiger partial charge is 0.258 e. The maximum absolute atomic E-state index is 13.4. The maximum Gasteiger partial charge on any atom is 0.258 e. The molecule has 44 heavy (non-hydrogen) atoms. The van der Waals surface area contributed by atoms with Gasteiger partial charge in [-0.15, -0.1) is 0 Å². The minimum absolute atomic E-state index is 0.0966. The first-order valence-corrected chi connectivity index (χ1v) is 15.3. The van der Waals surface area contributed by atoms with Gasteiger partial charge >= 0.3 is 0 Å². The van der Waals surface area contributed by atoms with Crippen LogP contribution in [-0.2, 0) is 6.61 Å². The molecule has 1 saturated heterocycles. The number of carbonyl (C=O) groups excluding carboxylic acids is 1. The van der Waals surface area contributed by atoms with Crippen LogP contribution >= 0.6 is 0 Å². The van der Waals surface area contributed by atoms with Crippen LogP contribution in [0.1, 0.15) is 45.9 Å². The molecule has 6 rings (SSSR count). The summed E-state index contributed by atoms with van der Waals surface area (Å²) in [6.07, 6.45) is 5.49. The van der Waals surface area contributed by atoms with E-state index in [-0.39, 0.29) is 29.9 Å². The van der Waals surface area contributed by atoms with Gasteiger partial charge in [-0.3, -0.25) is 9.78 Å². The van der Waals surface area contributed by atoms with Gasteiger partial charge in [-0.25, -0.2) is 0 Å². The third kappa shape index (κ3) is 7.08. The number of rotatable bonds is 11. The lowest BCUT2D eigenvalue weighted by Gasteiger charge is -2.35. The quantitative estimate of drug-likeness (QED) is 0.174. The number of phenolic OH excluding ortho intramolecular Hbond substituents is 1. The van der Waals surface area contributed by atoms with Crippen molar-refractivity contribution in [1.29, 1.82) is 0 Å². The Morgan fingerprint density at radius 3 is 2.27 bits per heavy atom. The highest BCUT2D eigenvalue weighted by atomic mass is 16.5. The molecular weight excluding hydrogens is 548 g/mol. The first-order valence-electron chi connectivity index (χ1n) is 15.3. The second kappa shape index (κ2) is 14.2. The fraction of sp³-hybridized carbons (Fsp3) is 0.243. The molecule has 224 valence electrons. The summed E-state index contributed by atoms with van der Waals surface area (Å²) in [5.74, 6) is -0.0690. The molecule has 1 amide bonds. The Hall–Kier alpha value is -4.72. The van der Waals surface area contributed by atoms with Crippen molar-refractivity contribution in [2.24, 2.45) is 0 Å². The predicted octanol–water partition coefficient (Wildman–Crippen LogP) is 6.09. The van der Waals surface area contributed by atoms with E-state index in [9.17, 15) is 9.90 Å². The van der Waals surface area contributed by atoms with Crippen LogP contribution in [0.5, 0.6) is 11.5 Å². The first-order chi connectivity index (χ1) is 21.7. The molecular formula is C37H38N4O3. The van der Waals surface area contributed by atoms with Crippen LogP contribution in [0.15, 0.2) is 116 Å². The molecule has 0 unspecified atom stereocenters. The van der Waals surface area contributed by atoms with Crippen LogP contribution in [-0.4, -0.2) is 53.1 Å². The first kappa shape index (κ1) is 29.4. The van der Waals surface area contributed by atoms with Crippen LogP contribution in [0.25, 0.3) is 10.8 Å². The van der Waals surface area contributed by atoms with Crippen molar-refractivity contribution in [2.75, 3.05) is 26.2 Å². The van der Waals surface area contributed by atoms with E-state index in [1.165, 1.54) is 11.1 Å². The summed E-state index contributed by atoms with van der Waals surface area (Å²) >= 11 is 0. The Bertz CT molecular complexity index is 1620. The zero-order valence-electron chi connectivity index (χ0n) is 24.7. The second-order valence-electron chi connectivity index (χ2n) is 11.3. The molecule has 7 nitrogen and oxygen atoms in total. The molecule has 1 fully saturated rings. The van der Waals surface area contributed by atoms with Gasteiger partial charge in [-0.2, -0.15) is 0 Å². The molecule has 1 aromatic heterocycles. The molecule has 0 aliphatic carbocycles. The van der Waals surface area contributed by atoms with Gasteiger partial charge < -0.3 is 25.4 Å². The number of nitrogens with one attached hydrogen (secondary N) is 2. The number of carbonyl (C=O) groups is 1. The number of hydrogen-bond donors (Lipinski definition) is 3. The predicted molar refractivity (Wildman–Crippen MR) is 174 cm³/mol. The molecule has 0 saturated carbocycles. The largest absolute Gasteiger partial charge is 0.507 e. The Morgan fingerprint density at radius 1 is 0.909 bits per heavy atom. The summed E-state index contributed by atoms with van der Waals surface area (Å²) in [5.41, 5.74) is 3.57. The number of aromatic hydroxyl groups is 1. The summed E-state index contributed by atoms with van der Waals surface area (Å²) in [6.45, 7) is 3.34. The van der Waals surface area contributed by atoms with E-state index < -0.39 is 0 Å². The van der Waals surface area contributed by atoms with E-state index in [1.807, 2.05) is 36.4 Å². The van der Waals surface area contributed by atoms with Gasteiger partial charge in [0.15, 0.2) is 0 Å². The van der Waals surface area contributed by atoms with Crippen molar-refractivity contribution in [2.45, 2.75) is 31.5 Å². The van der Waals surface area contributed by atoms with E-state index in [2.05, 4.69) is 81.2 Å². The minimum Gasteiger partial charge on any atom is -0.507 e. The van der Waals surface area contributed by atoms with Crippen molar-refractivity contribution in [3.63, 3.8) is 0 Å². The third-order valence-corrected chi connectivity index (χ3v) is 8.28. The lowest BCUT2D eigenvalue weighted by molar-refractivity contribution is 0.0938. The van der Waals surface area contributed by atoms with Gasteiger partial charge in [0.1, 0.15) is 23.7 Å². The Labute approximate surface area is 258 Å². The second-order valence-corrected chi connectivity index (χ2v) is 11.3. The van der Waals surface area contributed by atoms with Gasteiger partial charge in [-0.1, -0.05) is 91.0 Å². The Morgan fingerprint density at radius 2 is 1.59 bits per heavy atom. The number of likely N-dealkylation sites (tertiary alicyclic amines) is 1. The Kier molecular flexibility index (Phi) is 9.45. The van der Waals surface area contributed by atoms with Crippen LogP contribution in [0, 0.1) is 0 Å². The normalized spacial score (nSPS) is 14.1. The third-order valence-electron chi connectivity index (χ3n) is 8.28. The lowest BCUT2D eigenvalue weighted by Crippen LogP contribution is -2.46. The van der Waals surface area contributed by atoms with Crippen molar-refractivity contribution >= 4 is 16.7 Å². The SMILES string of the molecule is O=C(NCCN1CCC(NC(c2ccccc2)c2ccccc2)CC1)c1c(O)cc2ccccc2c1OCc1cccnc1. The highest BCUT2D eigenvalue weighted by Gasteiger charge is 2.25. The fourth-order valence-corrected chi connectivity index (χ4v) is 5.96. The van der Waals surface area contributed by atoms with Crippen molar-refractivity contribution in [3.05, 3.63) is 138 Å². The number of nitrogens with zero attached hydrogens (tertiary/aromatic N) is 2. The van der Waals surface area contributed by atoms with E-state index in [4.69, 9.17) is 4.74 Å². The molecule has 0 atom stereocenters. The number of benzene rings is 4. The molecule has 1 aliphatic rings. The lowest BCUT2D eigenvalue weighted by atomic mass is 9.95. The molecule has 5 aromatic rings. The molecule has 1 aliphatic heterocycles.